The molecule has 0 heterocycles. The van der Waals surface area contributed by atoms with E-state index in [9.17, 15) is 0 Å². The predicted molar refractivity (Wildman–Crippen MR) is 99.0 cm³/mol. The van der Waals surface area contributed by atoms with E-state index in [-0.39, 0.29) is 0 Å². The molecule has 0 unspecified atom stereocenters. The zero-order chi connectivity index (χ0) is 16.8. The van der Waals surface area contributed by atoms with Crippen LogP contribution in [0, 0.1) is 0 Å². The van der Waals surface area contributed by atoms with Crippen LogP contribution >= 0.6 is 0 Å². The molecule has 0 fully saturated rings. The fourth-order valence-corrected chi connectivity index (χ4v) is 2.45. The molecule has 4 heteroatoms. The summed E-state index contributed by atoms with van der Waals surface area (Å²) in [5.41, 5.74) is 3.67. The Morgan fingerprint density at radius 1 is 0.583 bits per heavy atom. The third kappa shape index (κ3) is 3.60. The van der Waals surface area contributed by atoms with Crippen LogP contribution in [0.1, 0.15) is 0 Å². The van der Waals surface area contributed by atoms with Crippen LogP contribution in [0.5, 0.6) is 11.5 Å². The SMILES string of the molecule is COc1cc(Nc2ccccc2)c(OC)cc1Nc1ccccc1. The number of benzene rings is 3. The molecular formula is C20H20N2O2. The molecule has 0 atom stereocenters. The van der Waals surface area contributed by atoms with Crippen molar-refractivity contribution in [3.05, 3.63) is 72.8 Å². The highest BCUT2D eigenvalue weighted by atomic mass is 16.5. The van der Waals surface area contributed by atoms with Gasteiger partial charge in [-0.3, -0.25) is 0 Å². The second-order valence-corrected chi connectivity index (χ2v) is 5.23. The molecular weight excluding hydrogens is 300 g/mol. The monoisotopic (exact) mass is 320 g/mol. The Bertz CT molecular complexity index is 720. The van der Waals surface area contributed by atoms with E-state index in [0.717, 1.165) is 34.2 Å². The van der Waals surface area contributed by atoms with Gasteiger partial charge < -0.3 is 20.1 Å². The lowest BCUT2D eigenvalue weighted by Crippen LogP contribution is -1.99. The van der Waals surface area contributed by atoms with Gasteiger partial charge in [0, 0.05) is 23.5 Å². The van der Waals surface area contributed by atoms with Gasteiger partial charge in [-0.25, -0.2) is 0 Å². The maximum atomic E-state index is 5.54. The fraction of sp³-hybridized carbons (Fsp3) is 0.100. The first-order chi connectivity index (χ1) is 11.8. The Balaban J connectivity index is 1.94. The van der Waals surface area contributed by atoms with Gasteiger partial charge in [-0.1, -0.05) is 36.4 Å². The molecule has 3 rings (SSSR count). The molecule has 0 aliphatic heterocycles. The number of para-hydroxylation sites is 2. The average Bonchev–Trinajstić information content (AvgIpc) is 2.64. The summed E-state index contributed by atoms with van der Waals surface area (Å²) >= 11 is 0. The fourth-order valence-electron chi connectivity index (χ4n) is 2.45. The van der Waals surface area contributed by atoms with Crippen LogP contribution < -0.4 is 20.1 Å². The first-order valence-electron chi connectivity index (χ1n) is 7.70. The summed E-state index contributed by atoms with van der Waals surface area (Å²) in [7, 11) is 3.31. The number of ether oxygens (including phenoxy) is 2. The van der Waals surface area contributed by atoms with Gasteiger partial charge in [0.25, 0.3) is 0 Å². The number of methoxy groups -OCH3 is 2. The largest absolute Gasteiger partial charge is 0.494 e. The van der Waals surface area contributed by atoms with Gasteiger partial charge >= 0.3 is 0 Å². The van der Waals surface area contributed by atoms with Crippen LogP contribution in [-0.4, -0.2) is 14.2 Å². The van der Waals surface area contributed by atoms with E-state index in [1.54, 1.807) is 14.2 Å². The normalized spacial score (nSPS) is 10.1. The van der Waals surface area contributed by atoms with Crippen LogP contribution in [0.3, 0.4) is 0 Å². The van der Waals surface area contributed by atoms with Crippen molar-refractivity contribution in [2.75, 3.05) is 24.9 Å². The third-order valence-electron chi connectivity index (χ3n) is 3.63. The summed E-state index contributed by atoms with van der Waals surface area (Å²) < 4.78 is 11.1. The molecule has 0 radical (unpaired) electrons. The van der Waals surface area contributed by atoms with Crippen LogP contribution in [0.25, 0.3) is 0 Å². The second kappa shape index (κ2) is 7.42. The molecule has 0 aromatic heterocycles. The summed E-state index contributed by atoms with van der Waals surface area (Å²) in [6.45, 7) is 0. The van der Waals surface area contributed by atoms with Crippen LogP contribution in [-0.2, 0) is 0 Å². The van der Waals surface area contributed by atoms with Crippen LogP contribution in [0.4, 0.5) is 22.7 Å². The minimum Gasteiger partial charge on any atom is -0.494 e. The zero-order valence-corrected chi connectivity index (χ0v) is 13.7. The third-order valence-corrected chi connectivity index (χ3v) is 3.63. The zero-order valence-electron chi connectivity index (χ0n) is 13.7. The number of hydrogen-bond donors (Lipinski definition) is 2. The highest BCUT2D eigenvalue weighted by Crippen LogP contribution is 2.39. The predicted octanol–water partition coefficient (Wildman–Crippen LogP) is 5.19. The van der Waals surface area contributed by atoms with Crippen molar-refractivity contribution in [2.45, 2.75) is 0 Å². The Kier molecular flexibility index (Phi) is 4.87. The number of hydrogen-bond acceptors (Lipinski definition) is 4. The lowest BCUT2D eigenvalue weighted by Gasteiger charge is -2.17. The lowest BCUT2D eigenvalue weighted by molar-refractivity contribution is 0.406. The van der Waals surface area contributed by atoms with Gasteiger partial charge in [-0.15, -0.1) is 0 Å². The van der Waals surface area contributed by atoms with Gasteiger partial charge in [0.15, 0.2) is 0 Å². The van der Waals surface area contributed by atoms with Gasteiger partial charge in [0.1, 0.15) is 11.5 Å². The van der Waals surface area contributed by atoms with E-state index in [2.05, 4.69) is 10.6 Å². The van der Waals surface area contributed by atoms with E-state index in [4.69, 9.17) is 9.47 Å². The molecule has 3 aromatic carbocycles. The Morgan fingerprint density at radius 3 is 1.29 bits per heavy atom. The van der Waals surface area contributed by atoms with Gasteiger partial charge in [0.05, 0.1) is 25.6 Å². The van der Waals surface area contributed by atoms with Crippen molar-refractivity contribution >= 4 is 22.7 Å². The first kappa shape index (κ1) is 15.7. The van der Waals surface area contributed by atoms with Crippen molar-refractivity contribution in [2.24, 2.45) is 0 Å². The van der Waals surface area contributed by atoms with Crippen molar-refractivity contribution < 1.29 is 9.47 Å². The average molecular weight is 320 g/mol. The van der Waals surface area contributed by atoms with Gasteiger partial charge in [-0.05, 0) is 24.3 Å². The summed E-state index contributed by atoms with van der Waals surface area (Å²) in [6, 6.07) is 23.8. The van der Waals surface area contributed by atoms with E-state index in [0.29, 0.717) is 0 Å². The second-order valence-electron chi connectivity index (χ2n) is 5.23. The standard InChI is InChI=1S/C20H20N2O2/c1-23-19-13-18(22-16-11-7-4-8-12-16)20(24-2)14-17(19)21-15-9-5-3-6-10-15/h3-14,21-22H,1-2H3. The number of rotatable bonds is 6. The molecule has 3 aromatic rings. The van der Waals surface area contributed by atoms with Gasteiger partial charge in [0.2, 0.25) is 0 Å². The summed E-state index contributed by atoms with van der Waals surface area (Å²) in [4.78, 5) is 0. The molecule has 24 heavy (non-hydrogen) atoms. The summed E-state index contributed by atoms with van der Waals surface area (Å²) in [6.07, 6.45) is 0. The molecule has 0 aliphatic rings. The quantitative estimate of drug-likeness (QED) is 0.656. The Hall–Kier alpha value is -3.14. The van der Waals surface area contributed by atoms with Crippen molar-refractivity contribution in [3.8, 4) is 11.5 Å². The highest BCUT2D eigenvalue weighted by molar-refractivity contribution is 5.77. The van der Waals surface area contributed by atoms with Gasteiger partial charge in [-0.2, -0.15) is 0 Å². The molecule has 0 bridgehead atoms. The molecule has 0 saturated carbocycles. The van der Waals surface area contributed by atoms with E-state index < -0.39 is 0 Å². The molecule has 0 saturated heterocycles. The molecule has 2 N–H and O–H groups in total. The molecule has 0 aliphatic carbocycles. The highest BCUT2D eigenvalue weighted by Gasteiger charge is 2.12. The lowest BCUT2D eigenvalue weighted by atomic mass is 10.2. The smallest absolute Gasteiger partial charge is 0.144 e. The van der Waals surface area contributed by atoms with E-state index >= 15 is 0 Å². The summed E-state index contributed by atoms with van der Waals surface area (Å²) in [5.74, 6) is 1.47. The molecule has 0 spiro atoms. The van der Waals surface area contributed by atoms with Crippen LogP contribution in [0.2, 0.25) is 0 Å². The van der Waals surface area contributed by atoms with Crippen molar-refractivity contribution in [1.82, 2.24) is 0 Å². The minimum atomic E-state index is 0.734. The minimum absolute atomic E-state index is 0.734. The van der Waals surface area contributed by atoms with Crippen molar-refractivity contribution in [1.29, 1.82) is 0 Å². The number of anilines is 4. The molecule has 4 nitrogen and oxygen atoms in total. The maximum Gasteiger partial charge on any atom is 0.144 e. The Labute approximate surface area is 142 Å². The summed E-state index contributed by atoms with van der Waals surface area (Å²) in [5, 5.41) is 6.71. The first-order valence-corrected chi connectivity index (χ1v) is 7.70. The maximum absolute atomic E-state index is 5.54. The van der Waals surface area contributed by atoms with Crippen molar-refractivity contribution in [3.63, 3.8) is 0 Å². The molecule has 0 amide bonds. The Morgan fingerprint density at radius 2 is 0.958 bits per heavy atom. The topological polar surface area (TPSA) is 42.5 Å². The molecule has 122 valence electrons. The number of nitrogens with one attached hydrogen (secondary N) is 2. The van der Waals surface area contributed by atoms with E-state index in [1.807, 2.05) is 72.8 Å². The van der Waals surface area contributed by atoms with E-state index in [1.165, 1.54) is 0 Å². The van der Waals surface area contributed by atoms with Crippen LogP contribution in [0.15, 0.2) is 72.8 Å².